The first-order valence-corrected chi connectivity index (χ1v) is 3.97. The Labute approximate surface area is 77.8 Å². The molecule has 0 fully saturated rings. The van der Waals surface area contributed by atoms with E-state index in [0.717, 1.165) is 11.1 Å². The predicted octanol–water partition coefficient (Wildman–Crippen LogP) is 1.98. The Morgan fingerprint density at radius 1 is 1.54 bits per heavy atom. The second-order valence-electron chi connectivity index (χ2n) is 2.65. The van der Waals surface area contributed by atoms with Gasteiger partial charge >= 0.3 is 5.97 Å². The van der Waals surface area contributed by atoms with Crippen molar-refractivity contribution in [1.29, 1.82) is 0 Å². The van der Waals surface area contributed by atoms with Gasteiger partial charge in [0.1, 0.15) is 0 Å². The van der Waals surface area contributed by atoms with E-state index in [9.17, 15) is 4.79 Å². The summed E-state index contributed by atoms with van der Waals surface area (Å²) < 4.78 is 4.46. The van der Waals surface area contributed by atoms with Crippen LogP contribution in [-0.2, 0) is 9.53 Å². The van der Waals surface area contributed by atoms with Gasteiger partial charge in [-0.25, -0.2) is 4.79 Å². The molecule has 0 aromatic heterocycles. The van der Waals surface area contributed by atoms with Crippen molar-refractivity contribution >= 4 is 12.0 Å². The van der Waals surface area contributed by atoms with Crippen molar-refractivity contribution in [3.8, 4) is 0 Å². The SMILES string of the molecule is COC(=O)C=Cc1[c]c(C)ccc1. The molecule has 0 spiro atoms. The molecule has 0 aliphatic heterocycles. The highest BCUT2D eigenvalue weighted by Crippen LogP contribution is 2.04. The zero-order chi connectivity index (χ0) is 9.68. The van der Waals surface area contributed by atoms with Crippen molar-refractivity contribution in [3.05, 3.63) is 41.5 Å². The van der Waals surface area contributed by atoms with Crippen LogP contribution in [0.25, 0.3) is 6.08 Å². The number of methoxy groups -OCH3 is 1. The molecule has 0 aliphatic rings. The zero-order valence-corrected chi connectivity index (χ0v) is 7.70. The van der Waals surface area contributed by atoms with Crippen molar-refractivity contribution in [2.45, 2.75) is 6.92 Å². The number of benzene rings is 1. The predicted molar refractivity (Wildman–Crippen MR) is 51.1 cm³/mol. The topological polar surface area (TPSA) is 26.3 Å². The summed E-state index contributed by atoms with van der Waals surface area (Å²) in [5, 5.41) is 0. The summed E-state index contributed by atoms with van der Waals surface area (Å²) in [6.07, 6.45) is 3.06. The van der Waals surface area contributed by atoms with Crippen LogP contribution in [0.2, 0.25) is 0 Å². The Hall–Kier alpha value is -1.57. The van der Waals surface area contributed by atoms with Crippen LogP contribution >= 0.6 is 0 Å². The number of aryl methyl sites for hydroxylation is 1. The lowest BCUT2D eigenvalue weighted by Gasteiger charge is -1.94. The van der Waals surface area contributed by atoms with Crippen LogP contribution in [0.4, 0.5) is 0 Å². The summed E-state index contributed by atoms with van der Waals surface area (Å²) in [7, 11) is 1.35. The van der Waals surface area contributed by atoms with E-state index in [1.807, 2.05) is 25.1 Å². The molecule has 0 heterocycles. The molecule has 0 unspecified atom stereocenters. The van der Waals surface area contributed by atoms with Gasteiger partial charge in [-0.2, -0.15) is 0 Å². The van der Waals surface area contributed by atoms with E-state index in [1.54, 1.807) is 6.08 Å². The molecule has 13 heavy (non-hydrogen) atoms. The van der Waals surface area contributed by atoms with Gasteiger partial charge in [0.05, 0.1) is 7.11 Å². The van der Waals surface area contributed by atoms with Crippen molar-refractivity contribution in [1.82, 2.24) is 0 Å². The smallest absolute Gasteiger partial charge is 0.330 e. The molecule has 2 nitrogen and oxygen atoms in total. The standard InChI is InChI=1S/C11H11O2/c1-9-4-3-5-10(8-9)6-7-11(12)13-2/h3-7H,1-2H3. The molecule has 1 rings (SSSR count). The lowest BCUT2D eigenvalue weighted by Crippen LogP contribution is -1.93. The molecule has 1 aromatic carbocycles. The largest absolute Gasteiger partial charge is 0.466 e. The second-order valence-corrected chi connectivity index (χ2v) is 2.65. The van der Waals surface area contributed by atoms with Gasteiger partial charge in [0, 0.05) is 6.08 Å². The number of rotatable bonds is 2. The van der Waals surface area contributed by atoms with Crippen molar-refractivity contribution < 1.29 is 9.53 Å². The lowest BCUT2D eigenvalue weighted by atomic mass is 10.1. The van der Waals surface area contributed by atoms with Crippen LogP contribution < -0.4 is 0 Å². The number of hydrogen-bond donors (Lipinski definition) is 0. The Morgan fingerprint density at radius 3 is 2.92 bits per heavy atom. The Morgan fingerprint density at radius 2 is 2.31 bits per heavy atom. The van der Waals surface area contributed by atoms with Gasteiger partial charge in [0.2, 0.25) is 0 Å². The van der Waals surface area contributed by atoms with Crippen LogP contribution in [0.1, 0.15) is 11.1 Å². The van der Waals surface area contributed by atoms with E-state index in [1.165, 1.54) is 13.2 Å². The quantitative estimate of drug-likeness (QED) is 0.507. The van der Waals surface area contributed by atoms with Crippen molar-refractivity contribution in [3.63, 3.8) is 0 Å². The molecule has 0 amide bonds. The molecular weight excluding hydrogens is 164 g/mol. The van der Waals surface area contributed by atoms with Gasteiger partial charge in [-0.05, 0) is 30.2 Å². The average molecular weight is 175 g/mol. The molecule has 0 N–H and O–H groups in total. The molecule has 0 aliphatic carbocycles. The van der Waals surface area contributed by atoms with Gasteiger partial charge in [-0.3, -0.25) is 0 Å². The average Bonchev–Trinajstić information content (AvgIpc) is 2.14. The van der Waals surface area contributed by atoms with E-state index in [2.05, 4.69) is 10.8 Å². The number of hydrogen-bond acceptors (Lipinski definition) is 2. The third-order valence-electron chi connectivity index (χ3n) is 1.56. The number of carbonyl (C=O) groups is 1. The van der Waals surface area contributed by atoms with Crippen LogP contribution in [0, 0.1) is 13.0 Å². The summed E-state index contributed by atoms with van der Waals surface area (Å²) >= 11 is 0. The molecule has 0 saturated heterocycles. The molecule has 0 bridgehead atoms. The summed E-state index contributed by atoms with van der Waals surface area (Å²) in [5.41, 5.74) is 1.93. The third kappa shape index (κ3) is 3.11. The fraction of sp³-hybridized carbons (Fsp3) is 0.182. The molecule has 0 atom stereocenters. The van der Waals surface area contributed by atoms with E-state index in [0.29, 0.717) is 0 Å². The van der Waals surface area contributed by atoms with Crippen molar-refractivity contribution in [2.24, 2.45) is 0 Å². The summed E-state index contributed by atoms with van der Waals surface area (Å²) in [4.78, 5) is 10.7. The van der Waals surface area contributed by atoms with Gasteiger partial charge < -0.3 is 4.74 Å². The third-order valence-corrected chi connectivity index (χ3v) is 1.56. The maximum atomic E-state index is 10.7. The van der Waals surface area contributed by atoms with E-state index < -0.39 is 0 Å². The molecule has 2 heteroatoms. The van der Waals surface area contributed by atoms with Gasteiger partial charge in [0.25, 0.3) is 0 Å². The van der Waals surface area contributed by atoms with Crippen LogP contribution in [0.5, 0.6) is 0 Å². The fourth-order valence-corrected chi connectivity index (χ4v) is 0.930. The zero-order valence-electron chi connectivity index (χ0n) is 7.70. The maximum absolute atomic E-state index is 10.7. The molecular formula is C11H11O2. The number of ether oxygens (including phenoxy) is 1. The first kappa shape index (κ1) is 9.52. The van der Waals surface area contributed by atoms with Crippen LogP contribution in [0.3, 0.4) is 0 Å². The minimum atomic E-state index is -0.352. The normalized spacial score (nSPS) is 10.3. The second kappa shape index (κ2) is 4.45. The first-order valence-electron chi connectivity index (χ1n) is 3.97. The minimum Gasteiger partial charge on any atom is -0.466 e. The first-order chi connectivity index (χ1) is 6.22. The number of carbonyl (C=O) groups excluding carboxylic acids is 1. The van der Waals surface area contributed by atoms with Crippen molar-refractivity contribution in [2.75, 3.05) is 7.11 Å². The fourth-order valence-electron chi connectivity index (χ4n) is 0.930. The molecule has 67 valence electrons. The highest BCUT2D eigenvalue weighted by molar-refractivity contribution is 5.86. The summed E-state index contributed by atoms with van der Waals surface area (Å²) in [6, 6.07) is 8.85. The maximum Gasteiger partial charge on any atom is 0.330 e. The highest BCUT2D eigenvalue weighted by atomic mass is 16.5. The van der Waals surface area contributed by atoms with Gasteiger partial charge in [-0.1, -0.05) is 18.2 Å². The Kier molecular flexibility index (Phi) is 3.26. The minimum absolute atomic E-state index is 0.352. The summed E-state index contributed by atoms with van der Waals surface area (Å²) in [5.74, 6) is -0.352. The molecule has 0 saturated carbocycles. The van der Waals surface area contributed by atoms with Crippen LogP contribution in [-0.4, -0.2) is 13.1 Å². The highest BCUT2D eigenvalue weighted by Gasteiger charge is 1.92. The number of esters is 1. The van der Waals surface area contributed by atoms with Gasteiger partial charge in [-0.15, -0.1) is 0 Å². The Balaban J connectivity index is 2.74. The molecule has 1 radical (unpaired) electrons. The summed E-state index contributed by atoms with van der Waals surface area (Å²) in [6.45, 7) is 1.95. The lowest BCUT2D eigenvalue weighted by molar-refractivity contribution is -0.134. The monoisotopic (exact) mass is 175 g/mol. The molecule has 1 aromatic rings. The van der Waals surface area contributed by atoms with Crippen LogP contribution in [0.15, 0.2) is 24.3 Å². The van der Waals surface area contributed by atoms with Gasteiger partial charge in [0.15, 0.2) is 0 Å². The van der Waals surface area contributed by atoms with E-state index in [-0.39, 0.29) is 5.97 Å². The Bertz CT molecular complexity index is 327. The van der Waals surface area contributed by atoms with E-state index in [4.69, 9.17) is 0 Å². The van der Waals surface area contributed by atoms with E-state index >= 15 is 0 Å².